The summed E-state index contributed by atoms with van der Waals surface area (Å²) in [5.41, 5.74) is 7.06. The van der Waals surface area contributed by atoms with Gasteiger partial charge < -0.3 is 15.4 Å². The lowest BCUT2D eigenvalue weighted by atomic mass is 10.1. The molecule has 16 heavy (non-hydrogen) atoms. The molecule has 0 fully saturated rings. The summed E-state index contributed by atoms with van der Waals surface area (Å²) in [5, 5.41) is 0. The molecule has 0 atom stereocenters. The molecule has 0 aliphatic rings. The Kier molecular flexibility index (Phi) is 5.22. The molecule has 0 spiro atoms. The van der Waals surface area contributed by atoms with E-state index in [0.717, 1.165) is 12.2 Å². The fourth-order valence-electron chi connectivity index (χ4n) is 1.65. The highest BCUT2D eigenvalue weighted by Gasteiger charge is 2.10. The predicted octanol–water partition coefficient (Wildman–Crippen LogP) is 1.41. The summed E-state index contributed by atoms with van der Waals surface area (Å²) >= 11 is 0. The number of likely N-dealkylation sites (N-methyl/N-ethyl adjacent to an activating group) is 1. The third-order valence-electron chi connectivity index (χ3n) is 2.53. The average Bonchev–Trinajstić information content (AvgIpc) is 2.29. The van der Waals surface area contributed by atoms with Gasteiger partial charge in [0.05, 0.1) is 6.61 Å². The smallest absolute Gasteiger partial charge is 0.128 e. The first-order chi connectivity index (χ1) is 7.70. The Balaban J connectivity index is 2.88. The third-order valence-corrected chi connectivity index (χ3v) is 2.53. The first-order valence-electron chi connectivity index (χ1n) is 5.38. The molecule has 3 nitrogen and oxygen atoms in total. The first kappa shape index (κ1) is 12.9. The maximum absolute atomic E-state index is 13.6. The number of anilines is 1. The number of rotatable bonds is 6. The van der Waals surface area contributed by atoms with Crippen LogP contribution in [0.15, 0.2) is 18.2 Å². The summed E-state index contributed by atoms with van der Waals surface area (Å²) in [5.74, 6) is -0.188. The summed E-state index contributed by atoms with van der Waals surface area (Å²) < 4.78 is 18.6. The monoisotopic (exact) mass is 226 g/mol. The van der Waals surface area contributed by atoms with E-state index < -0.39 is 0 Å². The molecule has 0 amide bonds. The van der Waals surface area contributed by atoms with Crippen molar-refractivity contribution in [2.45, 2.75) is 6.42 Å². The second-order valence-corrected chi connectivity index (χ2v) is 3.69. The zero-order valence-corrected chi connectivity index (χ0v) is 9.87. The van der Waals surface area contributed by atoms with E-state index in [9.17, 15) is 4.39 Å². The number of methoxy groups -OCH3 is 1. The van der Waals surface area contributed by atoms with Crippen molar-refractivity contribution in [3.8, 4) is 0 Å². The molecule has 1 aromatic rings. The molecule has 4 heteroatoms. The Hall–Kier alpha value is -1.13. The second-order valence-electron chi connectivity index (χ2n) is 3.69. The average molecular weight is 226 g/mol. The molecule has 0 heterocycles. The van der Waals surface area contributed by atoms with Crippen molar-refractivity contribution in [1.82, 2.24) is 0 Å². The maximum atomic E-state index is 13.6. The molecule has 0 saturated heterocycles. The fourth-order valence-corrected chi connectivity index (χ4v) is 1.65. The van der Waals surface area contributed by atoms with Gasteiger partial charge >= 0.3 is 0 Å². The molecule has 1 rings (SSSR count). The molecular formula is C12H19FN2O. The molecule has 0 unspecified atom stereocenters. The molecular weight excluding hydrogens is 207 g/mol. The Labute approximate surface area is 96.0 Å². The van der Waals surface area contributed by atoms with E-state index in [1.807, 2.05) is 18.0 Å². The van der Waals surface area contributed by atoms with Crippen molar-refractivity contribution < 1.29 is 9.13 Å². The van der Waals surface area contributed by atoms with Crippen LogP contribution >= 0.6 is 0 Å². The van der Waals surface area contributed by atoms with Crippen LogP contribution in [0.25, 0.3) is 0 Å². The lowest BCUT2D eigenvalue weighted by molar-refractivity contribution is 0.206. The number of nitrogens with two attached hydrogens (primary N) is 1. The Morgan fingerprint density at radius 2 is 2.19 bits per heavy atom. The van der Waals surface area contributed by atoms with Crippen molar-refractivity contribution >= 4 is 5.69 Å². The van der Waals surface area contributed by atoms with Gasteiger partial charge in [0.15, 0.2) is 0 Å². The zero-order valence-electron chi connectivity index (χ0n) is 9.87. The van der Waals surface area contributed by atoms with Crippen LogP contribution in [-0.2, 0) is 11.2 Å². The second kappa shape index (κ2) is 6.45. The number of hydrogen-bond donors (Lipinski definition) is 1. The van der Waals surface area contributed by atoms with Crippen molar-refractivity contribution in [2.24, 2.45) is 5.73 Å². The van der Waals surface area contributed by atoms with Crippen molar-refractivity contribution in [2.75, 3.05) is 38.8 Å². The highest BCUT2D eigenvalue weighted by Crippen LogP contribution is 2.22. The van der Waals surface area contributed by atoms with Gasteiger partial charge in [-0.3, -0.25) is 0 Å². The first-order valence-corrected chi connectivity index (χ1v) is 5.38. The Morgan fingerprint density at radius 3 is 2.81 bits per heavy atom. The van der Waals surface area contributed by atoms with Crippen LogP contribution in [0.4, 0.5) is 10.1 Å². The normalized spacial score (nSPS) is 10.5. The van der Waals surface area contributed by atoms with E-state index in [0.29, 0.717) is 25.1 Å². The van der Waals surface area contributed by atoms with Gasteiger partial charge in [0.25, 0.3) is 0 Å². The minimum Gasteiger partial charge on any atom is -0.383 e. The van der Waals surface area contributed by atoms with Crippen LogP contribution < -0.4 is 10.6 Å². The largest absolute Gasteiger partial charge is 0.383 e. The minimum absolute atomic E-state index is 0.188. The highest BCUT2D eigenvalue weighted by atomic mass is 19.1. The fraction of sp³-hybridized carbons (Fsp3) is 0.500. The molecule has 0 aromatic heterocycles. The van der Waals surface area contributed by atoms with Gasteiger partial charge in [-0.05, 0) is 25.1 Å². The molecule has 90 valence electrons. The predicted molar refractivity (Wildman–Crippen MR) is 64.3 cm³/mol. The third kappa shape index (κ3) is 3.18. The highest BCUT2D eigenvalue weighted by molar-refractivity contribution is 5.53. The number of halogens is 1. The van der Waals surface area contributed by atoms with Crippen molar-refractivity contribution in [3.05, 3.63) is 29.6 Å². The van der Waals surface area contributed by atoms with E-state index >= 15 is 0 Å². The van der Waals surface area contributed by atoms with Crippen LogP contribution in [0.5, 0.6) is 0 Å². The van der Waals surface area contributed by atoms with Crippen LogP contribution in [-0.4, -0.2) is 33.9 Å². The summed E-state index contributed by atoms with van der Waals surface area (Å²) in [6, 6.07) is 5.09. The lowest BCUT2D eigenvalue weighted by Crippen LogP contribution is -2.24. The van der Waals surface area contributed by atoms with E-state index in [1.165, 1.54) is 6.07 Å². The topological polar surface area (TPSA) is 38.5 Å². The molecule has 0 radical (unpaired) electrons. The zero-order chi connectivity index (χ0) is 12.0. The van der Waals surface area contributed by atoms with Gasteiger partial charge in [-0.2, -0.15) is 0 Å². The van der Waals surface area contributed by atoms with E-state index in [-0.39, 0.29) is 5.82 Å². The molecule has 0 aliphatic carbocycles. The summed E-state index contributed by atoms with van der Waals surface area (Å²) in [6.07, 6.45) is 0.555. The van der Waals surface area contributed by atoms with Crippen LogP contribution in [0, 0.1) is 5.82 Å². The number of ether oxygens (including phenoxy) is 1. The van der Waals surface area contributed by atoms with Crippen LogP contribution in [0.2, 0.25) is 0 Å². The maximum Gasteiger partial charge on any atom is 0.128 e. The summed E-state index contributed by atoms with van der Waals surface area (Å²) in [7, 11) is 3.58. The molecule has 0 bridgehead atoms. The van der Waals surface area contributed by atoms with Crippen LogP contribution in [0.1, 0.15) is 5.56 Å². The van der Waals surface area contributed by atoms with Gasteiger partial charge in [-0.15, -0.1) is 0 Å². The van der Waals surface area contributed by atoms with Crippen molar-refractivity contribution in [1.29, 1.82) is 0 Å². The van der Waals surface area contributed by atoms with Crippen molar-refractivity contribution in [3.63, 3.8) is 0 Å². The number of benzene rings is 1. The quantitative estimate of drug-likeness (QED) is 0.797. The summed E-state index contributed by atoms with van der Waals surface area (Å²) in [4.78, 5) is 1.98. The van der Waals surface area contributed by atoms with E-state index in [4.69, 9.17) is 10.5 Å². The molecule has 0 aliphatic heterocycles. The number of nitrogens with zero attached hydrogens (tertiary/aromatic N) is 1. The van der Waals surface area contributed by atoms with Crippen LogP contribution in [0.3, 0.4) is 0 Å². The van der Waals surface area contributed by atoms with Gasteiger partial charge in [-0.25, -0.2) is 4.39 Å². The van der Waals surface area contributed by atoms with Gasteiger partial charge in [0.2, 0.25) is 0 Å². The number of hydrogen-bond acceptors (Lipinski definition) is 3. The molecule has 0 saturated carbocycles. The SMILES string of the molecule is COCCN(C)c1cccc(F)c1CCN. The van der Waals surface area contributed by atoms with Gasteiger partial charge in [0.1, 0.15) is 5.82 Å². The van der Waals surface area contributed by atoms with E-state index in [2.05, 4.69) is 0 Å². The lowest BCUT2D eigenvalue weighted by Gasteiger charge is -2.22. The Bertz CT molecular complexity index is 331. The van der Waals surface area contributed by atoms with E-state index in [1.54, 1.807) is 13.2 Å². The Morgan fingerprint density at radius 1 is 1.44 bits per heavy atom. The summed E-state index contributed by atoms with van der Waals surface area (Å²) in [6.45, 7) is 1.80. The molecule has 1 aromatic carbocycles. The minimum atomic E-state index is -0.188. The van der Waals surface area contributed by atoms with Gasteiger partial charge in [0, 0.05) is 32.0 Å². The molecule has 2 N–H and O–H groups in total. The standard InChI is InChI=1S/C12H19FN2O/c1-15(8-9-16-2)12-5-3-4-11(13)10(12)6-7-14/h3-5H,6-9,14H2,1-2H3. The van der Waals surface area contributed by atoms with Gasteiger partial charge in [-0.1, -0.05) is 6.07 Å².